The molecule has 0 spiro atoms. The highest BCUT2D eigenvalue weighted by Crippen LogP contribution is 2.16. The number of carboxylic acids is 1. The molecule has 0 aromatic carbocycles. The smallest absolute Gasteiger partial charge is 0.306 e. The predicted molar refractivity (Wildman–Crippen MR) is 45.2 cm³/mol. The quantitative estimate of drug-likeness (QED) is 0.705. The Kier molecular flexibility index (Phi) is 2.67. The summed E-state index contributed by atoms with van der Waals surface area (Å²) in [5.74, 6) is -1.02. The van der Waals surface area contributed by atoms with E-state index in [0.29, 0.717) is 5.69 Å². The average molecular weight is 184 g/mol. The van der Waals surface area contributed by atoms with Gasteiger partial charge in [-0.05, 0) is 13.0 Å². The van der Waals surface area contributed by atoms with E-state index >= 15 is 0 Å². The van der Waals surface area contributed by atoms with Gasteiger partial charge in [-0.1, -0.05) is 0 Å². The van der Waals surface area contributed by atoms with Crippen LogP contribution in [0.15, 0.2) is 6.07 Å². The summed E-state index contributed by atoms with van der Waals surface area (Å²) in [6, 6.07) is 1.67. The predicted octanol–water partition coefficient (Wildman–Crippen LogP) is 0.237. The summed E-state index contributed by atoms with van der Waals surface area (Å²) in [5, 5.41) is 21.9. The van der Waals surface area contributed by atoms with Gasteiger partial charge in [0.15, 0.2) is 0 Å². The van der Waals surface area contributed by atoms with Crippen molar-refractivity contribution in [3.8, 4) is 0 Å². The Morgan fingerprint density at radius 3 is 2.77 bits per heavy atom. The number of carboxylic acid groups (broad SMARTS) is 1. The number of aromatic nitrogens is 2. The van der Waals surface area contributed by atoms with Gasteiger partial charge < -0.3 is 10.2 Å². The third kappa shape index (κ3) is 2.29. The summed E-state index contributed by atoms with van der Waals surface area (Å²) >= 11 is 0. The lowest BCUT2D eigenvalue weighted by atomic mass is 10.2. The molecule has 1 aromatic heterocycles. The maximum atomic E-state index is 10.3. The van der Waals surface area contributed by atoms with E-state index in [1.807, 2.05) is 0 Å². The fourth-order valence-electron chi connectivity index (χ4n) is 1.21. The minimum Gasteiger partial charge on any atom is -0.481 e. The highest BCUT2D eigenvalue weighted by molar-refractivity contribution is 5.67. The summed E-state index contributed by atoms with van der Waals surface area (Å²) in [4.78, 5) is 10.3. The monoisotopic (exact) mass is 184 g/mol. The van der Waals surface area contributed by atoms with Crippen LogP contribution in [0.25, 0.3) is 0 Å². The second-order valence-electron chi connectivity index (χ2n) is 2.95. The van der Waals surface area contributed by atoms with Gasteiger partial charge in [-0.2, -0.15) is 5.10 Å². The number of aliphatic hydroxyl groups excluding tert-OH is 1. The molecule has 0 aliphatic rings. The number of aliphatic hydroxyl groups is 1. The van der Waals surface area contributed by atoms with Crippen LogP contribution in [-0.4, -0.2) is 26.0 Å². The van der Waals surface area contributed by atoms with Gasteiger partial charge in [0.2, 0.25) is 0 Å². The maximum Gasteiger partial charge on any atom is 0.306 e. The molecule has 0 saturated heterocycles. The van der Waals surface area contributed by atoms with Crippen LogP contribution in [0.4, 0.5) is 0 Å². The molecule has 0 fully saturated rings. The zero-order valence-corrected chi connectivity index (χ0v) is 7.56. The first-order valence-electron chi connectivity index (χ1n) is 3.91. The van der Waals surface area contributed by atoms with Crippen molar-refractivity contribution < 1.29 is 15.0 Å². The van der Waals surface area contributed by atoms with Crippen molar-refractivity contribution in [3.05, 3.63) is 17.5 Å². The van der Waals surface area contributed by atoms with Gasteiger partial charge in [0.05, 0.1) is 17.8 Å². The van der Waals surface area contributed by atoms with Crippen molar-refractivity contribution in [1.82, 2.24) is 9.78 Å². The molecule has 1 aromatic rings. The van der Waals surface area contributed by atoms with E-state index in [1.54, 1.807) is 20.0 Å². The second-order valence-corrected chi connectivity index (χ2v) is 2.95. The van der Waals surface area contributed by atoms with Crippen LogP contribution in [0.1, 0.15) is 23.9 Å². The van der Waals surface area contributed by atoms with E-state index in [0.717, 1.165) is 5.69 Å². The highest BCUT2D eigenvalue weighted by atomic mass is 16.4. The normalized spacial score (nSPS) is 12.8. The topological polar surface area (TPSA) is 75.3 Å². The van der Waals surface area contributed by atoms with Gasteiger partial charge in [0.25, 0.3) is 0 Å². The molecule has 0 amide bonds. The first kappa shape index (κ1) is 9.73. The van der Waals surface area contributed by atoms with Gasteiger partial charge in [-0.15, -0.1) is 0 Å². The third-order valence-electron chi connectivity index (χ3n) is 1.75. The van der Waals surface area contributed by atoms with E-state index in [1.165, 1.54) is 4.68 Å². The third-order valence-corrected chi connectivity index (χ3v) is 1.75. The Morgan fingerprint density at radius 2 is 2.38 bits per heavy atom. The van der Waals surface area contributed by atoms with E-state index in [2.05, 4.69) is 5.10 Å². The fraction of sp³-hybridized carbons (Fsp3) is 0.500. The summed E-state index contributed by atoms with van der Waals surface area (Å²) in [5.41, 5.74) is 1.29. The molecule has 0 bridgehead atoms. The van der Waals surface area contributed by atoms with Gasteiger partial charge in [0.1, 0.15) is 6.10 Å². The van der Waals surface area contributed by atoms with Crippen molar-refractivity contribution >= 4 is 5.97 Å². The Hall–Kier alpha value is -1.36. The van der Waals surface area contributed by atoms with Crippen molar-refractivity contribution in [2.24, 2.45) is 7.05 Å². The Morgan fingerprint density at radius 1 is 1.77 bits per heavy atom. The van der Waals surface area contributed by atoms with Crippen molar-refractivity contribution in [2.75, 3.05) is 0 Å². The van der Waals surface area contributed by atoms with Gasteiger partial charge >= 0.3 is 5.97 Å². The van der Waals surface area contributed by atoms with E-state index < -0.39 is 12.1 Å². The SMILES string of the molecule is Cc1cc([C@@H](O)CC(=O)O)n(C)n1. The minimum atomic E-state index is -1.02. The molecule has 5 heteroatoms. The van der Waals surface area contributed by atoms with E-state index in [-0.39, 0.29) is 6.42 Å². The molecule has 1 heterocycles. The Labute approximate surface area is 75.6 Å². The second kappa shape index (κ2) is 3.57. The first-order valence-corrected chi connectivity index (χ1v) is 3.91. The lowest BCUT2D eigenvalue weighted by Crippen LogP contribution is -2.09. The molecule has 0 aliphatic heterocycles. The highest BCUT2D eigenvalue weighted by Gasteiger charge is 2.15. The molecule has 0 aliphatic carbocycles. The lowest BCUT2D eigenvalue weighted by molar-refractivity contribution is -0.139. The van der Waals surface area contributed by atoms with Gasteiger partial charge in [-0.25, -0.2) is 0 Å². The van der Waals surface area contributed by atoms with Crippen LogP contribution in [0, 0.1) is 6.92 Å². The van der Waals surface area contributed by atoms with Gasteiger partial charge in [0, 0.05) is 7.05 Å². The van der Waals surface area contributed by atoms with Crippen LogP contribution < -0.4 is 0 Å². The van der Waals surface area contributed by atoms with Crippen molar-refractivity contribution in [1.29, 1.82) is 0 Å². The molecular formula is C8H12N2O3. The Balaban J connectivity index is 2.81. The standard InChI is InChI=1S/C8H12N2O3/c1-5-3-6(10(2)9-5)7(11)4-8(12)13/h3,7,11H,4H2,1-2H3,(H,12,13)/t7-/m0/s1. The fourth-order valence-corrected chi connectivity index (χ4v) is 1.21. The van der Waals surface area contributed by atoms with Crippen LogP contribution in [0.5, 0.6) is 0 Å². The first-order chi connectivity index (χ1) is 6.00. The molecule has 5 nitrogen and oxygen atoms in total. The van der Waals surface area contributed by atoms with Crippen molar-refractivity contribution in [2.45, 2.75) is 19.4 Å². The number of nitrogens with zero attached hydrogens (tertiary/aromatic N) is 2. The van der Waals surface area contributed by atoms with Crippen LogP contribution >= 0.6 is 0 Å². The minimum absolute atomic E-state index is 0.293. The molecule has 0 saturated carbocycles. The van der Waals surface area contributed by atoms with Crippen molar-refractivity contribution in [3.63, 3.8) is 0 Å². The number of hydrogen-bond donors (Lipinski definition) is 2. The summed E-state index contributed by atoms with van der Waals surface area (Å²) < 4.78 is 1.49. The average Bonchev–Trinajstić information content (AvgIpc) is 2.28. The number of aryl methyl sites for hydroxylation is 2. The van der Waals surface area contributed by atoms with Crippen LogP contribution in [-0.2, 0) is 11.8 Å². The Bertz CT molecular complexity index is 319. The molecule has 0 unspecified atom stereocenters. The zero-order chi connectivity index (χ0) is 10.0. The molecule has 0 radical (unpaired) electrons. The number of rotatable bonds is 3. The largest absolute Gasteiger partial charge is 0.481 e. The molecule has 1 atom stereocenters. The van der Waals surface area contributed by atoms with Crippen LogP contribution in [0.2, 0.25) is 0 Å². The molecule has 2 N–H and O–H groups in total. The van der Waals surface area contributed by atoms with E-state index in [9.17, 15) is 9.90 Å². The van der Waals surface area contributed by atoms with E-state index in [4.69, 9.17) is 5.11 Å². The summed E-state index contributed by atoms with van der Waals surface area (Å²) in [6.07, 6.45) is -1.28. The summed E-state index contributed by atoms with van der Waals surface area (Å²) in [7, 11) is 1.67. The lowest BCUT2D eigenvalue weighted by Gasteiger charge is -2.07. The number of aliphatic carboxylic acids is 1. The zero-order valence-electron chi connectivity index (χ0n) is 7.56. The molecular weight excluding hydrogens is 172 g/mol. The molecule has 1 rings (SSSR count). The van der Waals surface area contributed by atoms with Gasteiger partial charge in [-0.3, -0.25) is 9.48 Å². The number of carbonyl (C=O) groups is 1. The summed E-state index contributed by atoms with van der Waals surface area (Å²) in [6.45, 7) is 1.79. The molecule has 72 valence electrons. The van der Waals surface area contributed by atoms with Crippen LogP contribution in [0.3, 0.4) is 0 Å². The maximum absolute atomic E-state index is 10.3. The number of hydrogen-bond acceptors (Lipinski definition) is 3. The molecule has 13 heavy (non-hydrogen) atoms.